The Morgan fingerprint density at radius 3 is 2.76 bits per heavy atom. The van der Waals surface area contributed by atoms with E-state index in [1.807, 2.05) is 24.3 Å². The number of carbonyl (C=O) groups is 1. The summed E-state index contributed by atoms with van der Waals surface area (Å²) in [6, 6.07) is 18.1. The van der Waals surface area contributed by atoms with E-state index in [-0.39, 0.29) is 5.91 Å². The van der Waals surface area contributed by atoms with Gasteiger partial charge in [0.15, 0.2) is 5.76 Å². The van der Waals surface area contributed by atoms with Crippen molar-refractivity contribution in [1.29, 1.82) is 0 Å². The zero-order valence-corrected chi connectivity index (χ0v) is 19.1. The summed E-state index contributed by atoms with van der Waals surface area (Å²) < 4.78 is 11.1. The molecule has 2 aromatic carbocycles. The third-order valence-electron chi connectivity index (χ3n) is 6.48. The molecule has 1 amide bonds. The lowest BCUT2D eigenvalue weighted by molar-refractivity contribution is 0.0909. The quantitative estimate of drug-likeness (QED) is 0.457. The number of aromatic nitrogens is 1. The SMILES string of the molecule is COc1ccc2nc3oc(C(=O)NCC4CCN(Cc5cccc(C)c5)CC4)cc3cc2c1. The van der Waals surface area contributed by atoms with Crippen molar-refractivity contribution in [3.05, 3.63) is 71.5 Å². The maximum absolute atomic E-state index is 12.7. The zero-order chi connectivity index (χ0) is 22.8. The Morgan fingerprint density at radius 2 is 1.97 bits per heavy atom. The molecule has 4 aromatic rings. The van der Waals surface area contributed by atoms with Gasteiger partial charge in [-0.05, 0) is 74.7 Å². The van der Waals surface area contributed by atoms with Crippen LogP contribution in [0.5, 0.6) is 5.75 Å². The van der Waals surface area contributed by atoms with Crippen molar-refractivity contribution < 1.29 is 13.9 Å². The highest BCUT2D eigenvalue weighted by molar-refractivity contribution is 5.98. The molecule has 1 aliphatic heterocycles. The highest BCUT2D eigenvalue weighted by Gasteiger charge is 2.21. The normalized spacial score (nSPS) is 15.2. The molecule has 1 saturated heterocycles. The van der Waals surface area contributed by atoms with Crippen LogP contribution in [0.2, 0.25) is 0 Å². The van der Waals surface area contributed by atoms with Crippen molar-refractivity contribution in [3.63, 3.8) is 0 Å². The number of hydrogen-bond acceptors (Lipinski definition) is 5. The molecule has 0 unspecified atom stereocenters. The van der Waals surface area contributed by atoms with Crippen LogP contribution in [-0.4, -0.2) is 42.5 Å². The van der Waals surface area contributed by atoms with Crippen molar-refractivity contribution in [2.45, 2.75) is 26.3 Å². The summed E-state index contributed by atoms with van der Waals surface area (Å²) in [5.41, 5.74) is 3.95. The minimum Gasteiger partial charge on any atom is -0.497 e. The van der Waals surface area contributed by atoms with Crippen LogP contribution in [0, 0.1) is 12.8 Å². The Balaban J connectivity index is 1.17. The first kappa shape index (κ1) is 21.5. The molecule has 6 heteroatoms. The molecule has 1 fully saturated rings. The van der Waals surface area contributed by atoms with Crippen LogP contribution in [0.25, 0.3) is 22.0 Å². The second-order valence-electron chi connectivity index (χ2n) is 8.97. The van der Waals surface area contributed by atoms with Crippen LogP contribution in [0.4, 0.5) is 0 Å². The molecule has 170 valence electrons. The van der Waals surface area contributed by atoms with Crippen LogP contribution in [0.15, 0.2) is 59.0 Å². The van der Waals surface area contributed by atoms with Gasteiger partial charge < -0.3 is 14.5 Å². The standard InChI is InChI=1S/C27H29N3O3/c1-18-4-3-5-20(12-18)17-30-10-8-19(9-11-30)16-28-26(31)25-15-22-13-21-14-23(32-2)6-7-24(21)29-27(22)33-25/h3-7,12-15,19H,8-11,16-17H2,1-2H3,(H,28,31). The summed E-state index contributed by atoms with van der Waals surface area (Å²) in [6.45, 7) is 5.90. The third-order valence-corrected chi connectivity index (χ3v) is 6.48. The van der Waals surface area contributed by atoms with Gasteiger partial charge in [-0.25, -0.2) is 4.98 Å². The summed E-state index contributed by atoms with van der Waals surface area (Å²) >= 11 is 0. The summed E-state index contributed by atoms with van der Waals surface area (Å²) in [4.78, 5) is 19.8. The smallest absolute Gasteiger partial charge is 0.287 e. The summed E-state index contributed by atoms with van der Waals surface area (Å²) in [6.07, 6.45) is 2.17. The van der Waals surface area contributed by atoms with Gasteiger partial charge in [-0.1, -0.05) is 29.8 Å². The van der Waals surface area contributed by atoms with Crippen molar-refractivity contribution >= 4 is 27.9 Å². The van der Waals surface area contributed by atoms with Crippen LogP contribution in [-0.2, 0) is 6.54 Å². The van der Waals surface area contributed by atoms with Crippen molar-refractivity contribution in [1.82, 2.24) is 15.2 Å². The number of pyridine rings is 1. The van der Waals surface area contributed by atoms with Gasteiger partial charge in [0.2, 0.25) is 5.71 Å². The maximum Gasteiger partial charge on any atom is 0.287 e. The second-order valence-corrected chi connectivity index (χ2v) is 8.97. The first-order chi connectivity index (χ1) is 16.1. The van der Waals surface area contributed by atoms with Crippen LogP contribution in [0.1, 0.15) is 34.5 Å². The summed E-state index contributed by atoms with van der Waals surface area (Å²) in [5, 5.41) is 4.82. The van der Waals surface area contributed by atoms with E-state index in [9.17, 15) is 4.79 Å². The average Bonchev–Trinajstić information content (AvgIpc) is 3.24. The Morgan fingerprint density at radius 1 is 1.12 bits per heavy atom. The Bertz CT molecular complexity index is 1290. The van der Waals surface area contributed by atoms with Gasteiger partial charge in [0, 0.05) is 23.9 Å². The number of nitrogens with one attached hydrogen (secondary N) is 1. The molecule has 0 bridgehead atoms. The molecule has 5 rings (SSSR count). The highest BCUT2D eigenvalue weighted by atomic mass is 16.5. The number of piperidine rings is 1. The molecule has 3 heterocycles. The monoisotopic (exact) mass is 443 g/mol. The number of benzene rings is 2. The minimum absolute atomic E-state index is 0.183. The van der Waals surface area contributed by atoms with Crippen LogP contribution >= 0.6 is 0 Å². The number of hydrogen-bond donors (Lipinski definition) is 1. The van der Waals surface area contributed by atoms with Crippen molar-refractivity contribution in [2.24, 2.45) is 5.92 Å². The van der Waals surface area contributed by atoms with Crippen LogP contribution in [0.3, 0.4) is 0 Å². The van der Waals surface area contributed by atoms with Gasteiger partial charge >= 0.3 is 0 Å². The number of amides is 1. The van der Waals surface area contributed by atoms with Gasteiger partial charge in [-0.2, -0.15) is 0 Å². The number of methoxy groups -OCH3 is 1. The molecule has 0 aliphatic carbocycles. The number of nitrogens with zero attached hydrogens (tertiary/aromatic N) is 2. The van der Waals surface area contributed by atoms with Crippen LogP contribution < -0.4 is 10.1 Å². The predicted molar refractivity (Wildman–Crippen MR) is 130 cm³/mol. The maximum atomic E-state index is 12.7. The number of furan rings is 1. The molecule has 1 N–H and O–H groups in total. The van der Waals surface area contributed by atoms with E-state index in [0.717, 1.165) is 54.5 Å². The summed E-state index contributed by atoms with van der Waals surface area (Å²) in [7, 11) is 1.64. The molecule has 6 nitrogen and oxygen atoms in total. The molecule has 33 heavy (non-hydrogen) atoms. The molecule has 0 radical (unpaired) electrons. The first-order valence-corrected chi connectivity index (χ1v) is 11.5. The fourth-order valence-electron chi connectivity index (χ4n) is 4.59. The van der Waals surface area contributed by atoms with E-state index < -0.39 is 0 Å². The molecule has 2 aromatic heterocycles. The highest BCUT2D eigenvalue weighted by Crippen LogP contribution is 2.26. The number of carbonyl (C=O) groups excluding carboxylic acids is 1. The molecule has 0 spiro atoms. The van der Waals surface area contributed by atoms with Gasteiger partial charge in [0.1, 0.15) is 5.75 Å². The van der Waals surface area contributed by atoms with Crippen molar-refractivity contribution in [2.75, 3.05) is 26.7 Å². The lowest BCUT2D eigenvalue weighted by atomic mass is 9.96. The molecule has 1 aliphatic rings. The van der Waals surface area contributed by atoms with Gasteiger partial charge in [-0.15, -0.1) is 0 Å². The van der Waals surface area contributed by atoms with E-state index in [1.54, 1.807) is 13.2 Å². The molecule has 0 atom stereocenters. The number of rotatable bonds is 6. The Kier molecular flexibility index (Phi) is 6.01. The van der Waals surface area contributed by atoms with E-state index in [2.05, 4.69) is 46.4 Å². The van der Waals surface area contributed by atoms with E-state index in [4.69, 9.17) is 9.15 Å². The average molecular weight is 444 g/mol. The number of fused-ring (bicyclic) bond motifs is 2. The molecular weight excluding hydrogens is 414 g/mol. The molecular formula is C27H29N3O3. The number of aryl methyl sites for hydroxylation is 1. The van der Waals surface area contributed by atoms with Gasteiger partial charge in [-0.3, -0.25) is 9.69 Å². The van der Waals surface area contributed by atoms with Gasteiger partial charge in [0.25, 0.3) is 5.91 Å². The lowest BCUT2D eigenvalue weighted by Gasteiger charge is -2.32. The minimum atomic E-state index is -0.183. The number of likely N-dealkylation sites (tertiary alicyclic amines) is 1. The zero-order valence-electron chi connectivity index (χ0n) is 19.1. The Hall–Kier alpha value is -3.38. The fraction of sp³-hybridized carbons (Fsp3) is 0.333. The third kappa shape index (κ3) is 4.86. The van der Waals surface area contributed by atoms with E-state index in [1.165, 1.54) is 11.1 Å². The fourth-order valence-corrected chi connectivity index (χ4v) is 4.59. The lowest BCUT2D eigenvalue weighted by Crippen LogP contribution is -2.38. The first-order valence-electron chi connectivity index (χ1n) is 11.5. The van der Waals surface area contributed by atoms with Gasteiger partial charge in [0.05, 0.1) is 12.6 Å². The Labute approximate surface area is 193 Å². The summed E-state index contributed by atoms with van der Waals surface area (Å²) in [5.74, 6) is 1.38. The van der Waals surface area contributed by atoms with E-state index in [0.29, 0.717) is 23.9 Å². The second kappa shape index (κ2) is 9.24. The van der Waals surface area contributed by atoms with Crippen molar-refractivity contribution in [3.8, 4) is 5.75 Å². The topological polar surface area (TPSA) is 67.6 Å². The predicted octanol–water partition coefficient (Wildman–Crippen LogP) is 4.94. The van der Waals surface area contributed by atoms with E-state index >= 15 is 0 Å². The molecule has 0 saturated carbocycles. The largest absolute Gasteiger partial charge is 0.497 e. The number of ether oxygens (including phenoxy) is 1.